The molecule has 0 aliphatic heterocycles. The van der Waals surface area contributed by atoms with Crippen molar-refractivity contribution in [2.45, 2.75) is 53.8 Å². The first-order valence-electron chi connectivity index (χ1n) is 7.75. The van der Waals surface area contributed by atoms with Crippen LogP contribution in [0.1, 0.15) is 62.3 Å². The highest BCUT2D eigenvalue weighted by Gasteiger charge is 2.23. The molecule has 1 aromatic carbocycles. The molecule has 1 rings (SSSR count). The average Bonchev–Trinajstić information content (AvgIpc) is 2.46. The van der Waals surface area contributed by atoms with Gasteiger partial charge in [0.05, 0.1) is 11.1 Å². The van der Waals surface area contributed by atoms with Gasteiger partial charge in [-0.25, -0.2) is 9.59 Å². The number of ether oxygens (including phenoxy) is 2. The number of hydrogen-bond donors (Lipinski definition) is 0. The Labute approximate surface area is 132 Å². The molecular formula is C18H26O4. The first-order chi connectivity index (χ1) is 10.2. The van der Waals surface area contributed by atoms with E-state index in [4.69, 9.17) is 9.47 Å². The molecule has 4 heteroatoms. The van der Waals surface area contributed by atoms with E-state index in [-0.39, 0.29) is 35.2 Å². The summed E-state index contributed by atoms with van der Waals surface area (Å²) in [4.78, 5) is 24.5. The Hall–Kier alpha value is -1.84. The van der Waals surface area contributed by atoms with Gasteiger partial charge in [-0.05, 0) is 37.8 Å². The van der Waals surface area contributed by atoms with E-state index in [0.29, 0.717) is 0 Å². The maximum Gasteiger partial charge on any atom is 0.339 e. The summed E-state index contributed by atoms with van der Waals surface area (Å²) in [7, 11) is 0. The molecule has 0 N–H and O–H groups in total. The minimum atomic E-state index is -0.494. The van der Waals surface area contributed by atoms with Crippen LogP contribution in [0.2, 0.25) is 0 Å². The molecule has 2 unspecified atom stereocenters. The summed E-state index contributed by atoms with van der Waals surface area (Å²) in [5.41, 5.74) is 0.493. The molecule has 122 valence electrons. The summed E-state index contributed by atoms with van der Waals surface area (Å²) < 4.78 is 10.8. The van der Waals surface area contributed by atoms with E-state index < -0.39 is 11.9 Å². The highest BCUT2D eigenvalue weighted by atomic mass is 16.5. The maximum atomic E-state index is 12.3. The van der Waals surface area contributed by atoms with E-state index in [1.165, 1.54) is 0 Å². The zero-order valence-corrected chi connectivity index (χ0v) is 14.3. The molecule has 2 atom stereocenters. The van der Waals surface area contributed by atoms with Crippen molar-refractivity contribution in [1.29, 1.82) is 0 Å². The molecule has 4 nitrogen and oxygen atoms in total. The Morgan fingerprint density at radius 3 is 1.32 bits per heavy atom. The number of carbonyl (C=O) groups is 2. The van der Waals surface area contributed by atoms with Crippen molar-refractivity contribution in [3.05, 3.63) is 35.4 Å². The normalized spacial score (nSPS) is 13.8. The minimum Gasteiger partial charge on any atom is -0.459 e. The third-order valence-electron chi connectivity index (χ3n) is 3.83. The molecule has 0 spiro atoms. The van der Waals surface area contributed by atoms with Crippen LogP contribution in [0.4, 0.5) is 0 Å². The Balaban J connectivity index is 2.94. The predicted molar refractivity (Wildman–Crippen MR) is 85.9 cm³/mol. The summed E-state index contributed by atoms with van der Waals surface area (Å²) in [5.74, 6) is -0.565. The quantitative estimate of drug-likeness (QED) is 0.743. The molecule has 1 aromatic rings. The van der Waals surface area contributed by atoms with Crippen molar-refractivity contribution < 1.29 is 19.1 Å². The fourth-order valence-electron chi connectivity index (χ4n) is 1.58. The summed E-state index contributed by atoms with van der Waals surface area (Å²) >= 11 is 0. The number of esters is 2. The van der Waals surface area contributed by atoms with Crippen molar-refractivity contribution in [3.8, 4) is 0 Å². The Bertz CT molecular complexity index is 473. The van der Waals surface area contributed by atoms with Crippen molar-refractivity contribution in [2.75, 3.05) is 0 Å². The molecule has 0 aliphatic carbocycles. The molecule has 0 aliphatic rings. The molecule has 0 saturated heterocycles. The Morgan fingerprint density at radius 1 is 0.727 bits per heavy atom. The standard InChI is InChI=1S/C18H26O4/c1-11(2)13(5)21-17(19)15-9-7-8-10-16(15)18(20)22-14(6)12(3)4/h7-14H,1-6H3. The van der Waals surface area contributed by atoms with Gasteiger partial charge in [-0.3, -0.25) is 0 Å². The smallest absolute Gasteiger partial charge is 0.339 e. The van der Waals surface area contributed by atoms with Gasteiger partial charge in [0, 0.05) is 0 Å². The van der Waals surface area contributed by atoms with Crippen LogP contribution >= 0.6 is 0 Å². The van der Waals surface area contributed by atoms with Gasteiger partial charge in [0.1, 0.15) is 12.2 Å². The Morgan fingerprint density at radius 2 is 1.05 bits per heavy atom. The lowest BCUT2D eigenvalue weighted by Gasteiger charge is -2.19. The fourth-order valence-corrected chi connectivity index (χ4v) is 1.58. The summed E-state index contributed by atoms with van der Waals surface area (Å²) in [5, 5.41) is 0. The highest BCUT2D eigenvalue weighted by molar-refractivity contribution is 6.03. The lowest BCUT2D eigenvalue weighted by atomic mass is 10.1. The summed E-state index contributed by atoms with van der Waals surface area (Å²) in [6.07, 6.45) is -0.433. The topological polar surface area (TPSA) is 52.6 Å². The van der Waals surface area contributed by atoms with Crippen LogP contribution in [0.3, 0.4) is 0 Å². The number of carbonyl (C=O) groups excluding carboxylic acids is 2. The second-order valence-corrected chi connectivity index (χ2v) is 6.25. The van der Waals surface area contributed by atoms with Crippen LogP contribution in [0.5, 0.6) is 0 Å². The van der Waals surface area contributed by atoms with Crippen molar-refractivity contribution in [3.63, 3.8) is 0 Å². The van der Waals surface area contributed by atoms with Crippen molar-refractivity contribution >= 4 is 11.9 Å². The number of rotatable bonds is 6. The molecule has 0 fully saturated rings. The highest BCUT2D eigenvalue weighted by Crippen LogP contribution is 2.17. The molecule has 0 amide bonds. The van der Waals surface area contributed by atoms with E-state index in [0.717, 1.165) is 0 Å². The van der Waals surface area contributed by atoms with Crippen LogP contribution in [-0.4, -0.2) is 24.1 Å². The Kier molecular flexibility index (Phi) is 6.60. The largest absolute Gasteiger partial charge is 0.459 e. The molecule has 0 radical (unpaired) electrons. The van der Waals surface area contributed by atoms with Crippen molar-refractivity contribution in [2.24, 2.45) is 11.8 Å². The minimum absolute atomic E-state index is 0.212. The predicted octanol–water partition coefficient (Wildman–Crippen LogP) is 4.09. The van der Waals surface area contributed by atoms with E-state index in [2.05, 4.69) is 0 Å². The first kappa shape index (κ1) is 18.2. The summed E-state index contributed by atoms with van der Waals surface area (Å²) in [6.45, 7) is 11.6. The average molecular weight is 306 g/mol. The van der Waals surface area contributed by atoms with E-state index in [9.17, 15) is 9.59 Å². The molecule has 22 heavy (non-hydrogen) atoms. The second-order valence-electron chi connectivity index (χ2n) is 6.25. The molecule has 0 saturated carbocycles. The zero-order chi connectivity index (χ0) is 16.9. The maximum absolute atomic E-state index is 12.3. The van der Waals surface area contributed by atoms with Gasteiger partial charge in [-0.1, -0.05) is 39.8 Å². The lowest BCUT2D eigenvalue weighted by molar-refractivity contribution is 0.0191. The summed E-state index contributed by atoms with van der Waals surface area (Å²) in [6, 6.07) is 6.59. The molecule has 0 aromatic heterocycles. The van der Waals surface area contributed by atoms with Gasteiger partial charge in [0.15, 0.2) is 0 Å². The van der Waals surface area contributed by atoms with E-state index in [1.54, 1.807) is 24.3 Å². The third-order valence-corrected chi connectivity index (χ3v) is 3.83. The lowest BCUT2D eigenvalue weighted by Crippen LogP contribution is -2.24. The monoisotopic (exact) mass is 306 g/mol. The number of benzene rings is 1. The van der Waals surface area contributed by atoms with Gasteiger partial charge in [-0.2, -0.15) is 0 Å². The SMILES string of the molecule is CC(C)C(C)OC(=O)c1ccccc1C(=O)OC(C)C(C)C. The van der Waals surface area contributed by atoms with Gasteiger partial charge in [0.25, 0.3) is 0 Å². The van der Waals surface area contributed by atoms with Crippen LogP contribution in [0.25, 0.3) is 0 Å². The zero-order valence-electron chi connectivity index (χ0n) is 14.3. The van der Waals surface area contributed by atoms with Gasteiger partial charge in [-0.15, -0.1) is 0 Å². The molecule has 0 heterocycles. The number of hydrogen-bond acceptors (Lipinski definition) is 4. The van der Waals surface area contributed by atoms with Crippen LogP contribution in [0, 0.1) is 11.8 Å². The van der Waals surface area contributed by atoms with Gasteiger partial charge < -0.3 is 9.47 Å². The van der Waals surface area contributed by atoms with Crippen LogP contribution in [-0.2, 0) is 9.47 Å². The van der Waals surface area contributed by atoms with Crippen LogP contribution in [0.15, 0.2) is 24.3 Å². The van der Waals surface area contributed by atoms with E-state index in [1.807, 2.05) is 41.5 Å². The van der Waals surface area contributed by atoms with Gasteiger partial charge in [0.2, 0.25) is 0 Å². The first-order valence-corrected chi connectivity index (χ1v) is 7.75. The fraction of sp³-hybridized carbons (Fsp3) is 0.556. The van der Waals surface area contributed by atoms with Gasteiger partial charge >= 0.3 is 11.9 Å². The second kappa shape index (κ2) is 7.97. The third kappa shape index (κ3) is 4.86. The van der Waals surface area contributed by atoms with Crippen LogP contribution < -0.4 is 0 Å². The molecular weight excluding hydrogens is 280 g/mol. The van der Waals surface area contributed by atoms with Crippen molar-refractivity contribution in [1.82, 2.24) is 0 Å². The van der Waals surface area contributed by atoms with E-state index >= 15 is 0 Å². The molecule has 0 bridgehead atoms.